The molecule has 2 aromatic rings. The number of hydrogen-bond acceptors (Lipinski definition) is 2. The number of rotatable bonds is 7. The van der Waals surface area contributed by atoms with Gasteiger partial charge in [-0.1, -0.05) is 101 Å². The van der Waals surface area contributed by atoms with E-state index in [1.165, 1.54) is 16.8 Å². The molecule has 3 heteroatoms. The molecule has 1 aliphatic heterocycles. The van der Waals surface area contributed by atoms with Crippen LogP contribution < -0.4 is 10.4 Å². The van der Waals surface area contributed by atoms with Gasteiger partial charge < -0.3 is 9.16 Å². The lowest BCUT2D eigenvalue weighted by molar-refractivity contribution is 0.249. The van der Waals surface area contributed by atoms with Crippen molar-refractivity contribution in [1.82, 2.24) is 0 Å². The SMILES string of the molecule is CCCCC#C[C@@H]1O[C@@H]1CO[Si](c1ccccc1)(c1ccccc1)C(C)(C)C. The van der Waals surface area contributed by atoms with E-state index in [-0.39, 0.29) is 17.2 Å². The first-order chi connectivity index (χ1) is 13.5. The molecule has 0 unspecified atom stereocenters. The third kappa shape index (κ3) is 4.58. The highest BCUT2D eigenvalue weighted by molar-refractivity contribution is 6.99. The van der Waals surface area contributed by atoms with Gasteiger partial charge in [-0.15, -0.1) is 5.92 Å². The quantitative estimate of drug-likeness (QED) is 0.299. The molecule has 0 radical (unpaired) electrons. The van der Waals surface area contributed by atoms with Crippen molar-refractivity contribution < 1.29 is 9.16 Å². The molecule has 1 saturated heterocycles. The Morgan fingerprint density at radius 2 is 1.54 bits per heavy atom. The van der Waals surface area contributed by atoms with Crippen LogP contribution in [0.15, 0.2) is 60.7 Å². The van der Waals surface area contributed by atoms with Crippen molar-refractivity contribution in [3.05, 3.63) is 60.7 Å². The molecule has 0 N–H and O–H groups in total. The van der Waals surface area contributed by atoms with Crippen molar-refractivity contribution in [3.63, 3.8) is 0 Å². The molecule has 0 bridgehead atoms. The normalized spacial score (nSPS) is 19.0. The van der Waals surface area contributed by atoms with Crippen molar-refractivity contribution in [1.29, 1.82) is 0 Å². The highest BCUT2D eigenvalue weighted by Crippen LogP contribution is 2.37. The second kappa shape index (κ2) is 9.09. The maximum Gasteiger partial charge on any atom is 0.261 e. The van der Waals surface area contributed by atoms with Crippen molar-refractivity contribution in [2.45, 2.75) is 64.2 Å². The molecule has 2 nitrogen and oxygen atoms in total. The molecule has 1 fully saturated rings. The van der Waals surface area contributed by atoms with Crippen LogP contribution in [0.4, 0.5) is 0 Å². The number of benzene rings is 2. The van der Waals surface area contributed by atoms with Gasteiger partial charge in [0, 0.05) is 6.42 Å². The van der Waals surface area contributed by atoms with Gasteiger partial charge in [-0.3, -0.25) is 0 Å². The lowest BCUT2D eigenvalue weighted by Gasteiger charge is -2.43. The average molecular weight is 393 g/mol. The maximum absolute atomic E-state index is 6.89. The van der Waals surface area contributed by atoms with Crippen LogP contribution in [0.1, 0.15) is 47.0 Å². The van der Waals surface area contributed by atoms with Crippen LogP contribution in [-0.4, -0.2) is 27.1 Å². The minimum Gasteiger partial charge on any atom is -0.405 e. The van der Waals surface area contributed by atoms with Gasteiger partial charge in [0.15, 0.2) is 0 Å². The van der Waals surface area contributed by atoms with Crippen molar-refractivity contribution in [2.24, 2.45) is 0 Å². The summed E-state index contributed by atoms with van der Waals surface area (Å²) >= 11 is 0. The van der Waals surface area contributed by atoms with Gasteiger partial charge in [0.1, 0.15) is 12.2 Å². The van der Waals surface area contributed by atoms with Crippen molar-refractivity contribution in [2.75, 3.05) is 6.61 Å². The first-order valence-electron chi connectivity index (χ1n) is 10.4. The van der Waals surface area contributed by atoms with Gasteiger partial charge in [-0.25, -0.2) is 0 Å². The van der Waals surface area contributed by atoms with E-state index in [0.717, 1.165) is 12.8 Å². The fourth-order valence-electron chi connectivity index (χ4n) is 3.80. The number of ether oxygens (including phenoxy) is 1. The molecule has 0 saturated carbocycles. The predicted octanol–water partition coefficient (Wildman–Crippen LogP) is 4.52. The minimum atomic E-state index is -2.47. The molecule has 28 heavy (non-hydrogen) atoms. The molecule has 1 aliphatic rings. The van der Waals surface area contributed by atoms with E-state index in [0.29, 0.717) is 6.61 Å². The minimum absolute atomic E-state index is 0.00705. The molecular weight excluding hydrogens is 360 g/mol. The van der Waals surface area contributed by atoms with Crippen LogP contribution in [0, 0.1) is 11.8 Å². The smallest absolute Gasteiger partial charge is 0.261 e. The lowest BCUT2D eigenvalue weighted by Crippen LogP contribution is -2.66. The van der Waals surface area contributed by atoms with Crippen LogP contribution in [0.25, 0.3) is 0 Å². The summed E-state index contributed by atoms with van der Waals surface area (Å²) in [6.45, 7) is 9.69. The second-order valence-electron chi connectivity index (χ2n) is 8.49. The van der Waals surface area contributed by atoms with Gasteiger partial charge in [-0.2, -0.15) is 0 Å². The van der Waals surface area contributed by atoms with Gasteiger partial charge in [0.25, 0.3) is 8.32 Å². The molecule has 0 spiro atoms. The maximum atomic E-state index is 6.89. The Morgan fingerprint density at radius 1 is 0.964 bits per heavy atom. The van der Waals surface area contributed by atoms with Gasteiger partial charge in [0.2, 0.25) is 0 Å². The molecular formula is C25H32O2Si. The van der Waals surface area contributed by atoms with E-state index >= 15 is 0 Å². The topological polar surface area (TPSA) is 21.8 Å². The molecule has 2 aromatic carbocycles. The number of epoxide rings is 1. The zero-order valence-electron chi connectivity index (χ0n) is 17.6. The van der Waals surface area contributed by atoms with E-state index in [4.69, 9.17) is 9.16 Å². The summed E-state index contributed by atoms with van der Waals surface area (Å²) in [5.41, 5.74) is 0. The Bertz CT molecular complexity index is 760. The fourth-order valence-corrected chi connectivity index (χ4v) is 8.37. The van der Waals surface area contributed by atoms with E-state index in [1.54, 1.807) is 0 Å². The van der Waals surface area contributed by atoms with Crippen LogP contribution in [0.3, 0.4) is 0 Å². The molecule has 2 atom stereocenters. The molecule has 3 rings (SSSR count). The highest BCUT2D eigenvalue weighted by atomic mass is 28.4. The molecule has 0 amide bonds. The van der Waals surface area contributed by atoms with E-state index in [9.17, 15) is 0 Å². The summed E-state index contributed by atoms with van der Waals surface area (Å²) in [7, 11) is -2.47. The molecule has 148 valence electrons. The van der Waals surface area contributed by atoms with E-state index in [1.807, 2.05) is 0 Å². The first-order valence-corrected chi connectivity index (χ1v) is 12.3. The van der Waals surface area contributed by atoms with Crippen LogP contribution in [0.5, 0.6) is 0 Å². The summed E-state index contributed by atoms with van der Waals surface area (Å²) < 4.78 is 12.7. The summed E-state index contributed by atoms with van der Waals surface area (Å²) in [5, 5.41) is 2.60. The van der Waals surface area contributed by atoms with Crippen molar-refractivity contribution in [3.8, 4) is 11.8 Å². The predicted molar refractivity (Wildman–Crippen MR) is 120 cm³/mol. The molecule has 0 aliphatic carbocycles. The average Bonchev–Trinajstić information content (AvgIpc) is 3.45. The van der Waals surface area contributed by atoms with Crippen LogP contribution in [-0.2, 0) is 9.16 Å². The monoisotopic (exact) mass is 392 g/mol. The standard InChI is InChI=1S/C25H32O2Si/c1-5-6-7-14-19-23-24(27-23)20-26-28(25(2,3)4,21-15-10-8-11-16-21)22-17-12-9-13-18-22/h8-13,15-18,23-24H,5-7,20H2,1-4H3/t23-,24+/m0/s1. The zero-order valence-corrected chi connectivity index (χ0v) is 18.6. The van der Waals surface area contributed by atoms with E-state index in [2.05, 4.69) is 100 Å². The van der Waals surface area contributed by atoms with Gasteiger partial charge >= 0.3 is 0 Å². The Labute approximate surface area is 171 Å². The second-order valence-corrected chi connectivity index (χ2v) is 12.8. The number of unbranched alkanes of at least 4 members (excludes halogenated alkanes) is 2. The van der Waals surface area contributed by atoms with Crippen LogP contribution >= 0.6 is 0 Å². The molecule has 0 aromatic heterocycles. The van der Waals surface area contributed by atoms with Gasteiger partial charge in [0.05, 0.1) is 6.61 Å². The Morgan fingerprint density at radius 3 is 2.04 bits per heavy atom. The summed E-state index contributed by atoms with van der Waals surface area (Å²) in [4.78, 5) is 0. The Kier molecular flexibility index (Phi) is 6.77. The van der Waals surface area contributed by atoms with Crippen LogP contribution in [0.2, 0.25) is 5.04 Å². The lowest BCUT2D eigenvalue weighted by atomic mass is 10.2. The van der Waals surface area contributed by atoms with Gasteiger partial charge in [-0.05, 0) is 21.8 Å². The summed E-state index contributed by atoms with van der Waals surface area (Å²) in [5.74, 6) is 6.51. The fraction of sp³-hybridized carbons (Fsp3) is 0.440. The Hall–Kier alpha value is -1.86. The zero-order chi connectivity index (χ0) is 20.0. The summed E-state index contributed by atoms with van der Waals surface area (Å²) in [6.07, 6.45) is 3.42. The third-order valence-corrected chi connectivity index (χ3v) is 10.4. The molecule has 1 heterocycles. The first kappa shape index (κ1) is 20.9. The Balaban J connectivity index is 1.85. The third-order valence-electron chi connectivity index (χ3n) is 5.36. The number of hydrogen-bond donors (Lipinski definition) is 0. The largest absolute Gasteiger partial charge is 0.405 e. The summed E-state index contributed by atoms with van der Waals surface area (Å²) in [6, 6.07) is 21.5. The van der Waals surface area contributed by atoms with Crippen molar-refractivity contribution >= 4 is 18.7 Å². The highest BCUT2D eigenvalue weighted by Gasteiger charge is 2.51. The van der Waals surface area contributed by atoms with E-state index < -0.39 is 8.32 Å².